The van der Waals surface area contributed by atoms with Crippen molar-refractivity contribution >= 4 is 34.7 Å². The first-order valence-corrected chi connectivity index (χ1v) is 6.22. The molecule has 1 heterocycles. The van der Waals surface area contributed by atoms with E-state index in [1.54, 1.807) is 3.96 Å². The fraction of sp³-hybridized carbons (Fsp3) is 0.667. The molecule has 0 saturated carbocycles. The summed E-state index contributed by atoms with van der Waals surface area (Å²) >= 11 is 12.6. The third-order valence-electron chi connectivity index (χ3n) is 1.73. The minimum atomic E-state index is -0.212. The number of halogens is 2. The van der Waals surface area contributed by atoms with Gasteiger partial charge in [-0.05, 0) is 31.8 Å². The van der Waals surface area contributed by atoms with Crippen LogP contribution in [0, 0.1) is 0 Å². The first-order valence-electron chi connectivity index (χ1n) is 4.69. The molecule has 0 radical (unpaired) electrons. The van der Waals surface area contributed by atoms with E-state index in [2.05, 4.69) is 0 Å². The number of ether oxygens (including phenoxy) is 1. The zero-order valence-electron chi connectivity index (χ0n) is 8.63. The molecule has 0 N–H and O–H groups in total. The van der Waals surface area contributed by atoms with Crippen LogP contribution in [0.5, 0.6) is 0 Å². The predicted octanol–water partition coefficient (Wildman–Crippen LogP) is 3.03. The van der Waals surface area contributed by atoms with Crippen molar-refractivity contribution in [1.82, 2.24) is 3.96 Å². The maximum Gasteiger partial charge on any atom is 0.280 e. The van der Waals surface area contributed by atoms with Crippen LogP contribution in [0.3, 0.4) is 0 Å². The lowest BCUT2D eigenvalue weighted by Crippen LogP contribution is -2.15. The summed E-state index contributed by atoms with van der Waals surface area (Å²) in [6.07, 6.45) is 1.00. The van der Waals surface area contributed by atoms with Crippen molar-refractivity contribution in [2.45, 2.75) is 32.9 Å². The Morgan fingerprint density at radius 2 is 2.13 bits per heavy atom. The van der Waals surface area contributed by atoms with Crippen LogP contribution < -0.4 is 5.56 Å². The molecular formula is C9H13Cl2NO2S. The Morgan fingerprint density at radius 3 is 2.60 bits per heavy atom. The summed E-state index contributed by atoms with van der Waals surface area (Å²) in [5.74, 6) is 0. The van der Waals surface area contributed by atoms with Gasteiger partial charge in [-0.2, -0.15) is 0 Å². The third-order valence-corrected chi connectivity index (χ3v) is 3.62. The monoisotopic (exact) mass is 269 g/mol. The standard InChI is InChI=1S/C9H13Cl2NO2S/c1-6(2)14-5-3-4-12-9(13)7(10)8(11)15-12/h6H,3-5H2,1-2H3. The van der Waals surface area contributed by atoms with Crippen LogP contribution in [0.2, 0.25) is 9.36 Å². The molecule has 6 heteroatoms. The summed E-state index contributed by atoms with van der Waals surface area (Å²) in [4.78, 5) is 11.4. The summed E-state index contributed by atoms with van der Waals surface area (Å²) in [5, 5.41) is 0.117. The van der Waals surface area contributed by atoms with Gasteiger partial charge in [0.25, 0.3) is 5.56 Å². The Morgan fingerprint density at radius 1 is 1.47 bits per heavy atom. The zero-order chi connectivity index (χ0) is 11.4. The van der Waals surface area contributed by atoms with E-state index in [1.807, 2.05) is 13.8 Å². The van der Waals surface area contributed by atoms with Gasteiger partial charge in [0.2, 0.25) is 0 Å². The lowest BCUT2D eigenvalue weighted by atomic mass is 10.4. The highest BCUT2D eigenvalue weighted by molar-refractivity contribution is 7.11. The maximum atomic E-state index is 11.4. The number of rotatable bonds is 5. The lowest BCUT2D eigenvalue weighted by Gasteiger charge is -2.06. The number of aryl methyl sites for hydroxylation is 1. The fourth-order valence-corrected chi connectivity index (χ4v) is 2.39. The van der Waals surface area contributed by atoms with Crippen LogP contribution in [0.15, 0.2) is 4.79 Å². The van der Waals surface area contributed by atoms with Gasteiger partial charge in [0.1, 0.15) is 9.36 Å². The lowest BCUT2D eigenvalue weighted by molar-refractivity contribution is 0.0751. The predicted molar refractivity (Wildman–Crippen MR) is 64.3 cm³/mol. The molecule has 86 valence electrons. The minimum absolute atomic E-state index is 0.117. The van der Waals surface area contributed by atoms with E-state index in [0.29, 0.717) is 17.5 Å². The molecule has 0 fully saturated rings. The number of hydrogen-bond acceptors (Lipinski definition) is 3. The molecule has 15 heavy (non-hydrogen) atoms. The second-order valence-electron chi connectivity index (χ2n) is 3.36. The van der Waals surface area contributed by atoms with Crippen LogP contribution >= 0.6 is 34.7 Å². The minimum Gasteiger partial charge on any atom is -0.379 e. The molecule has 0 aliphatic rings. The van der Waals surface area contributed by atoms with Gasteiger partial charge in [0, 0.05) is 13.2 Å². The fourth-order valence-electron chi connectivity index (χ4n) is 1.05. The van der Waals surface area contributed by atoms with Crippen molar-refractivity contribution in [3.63, 3.8) is 0 Å². The average Bonchev–Trinajstić information content (AvgIpc) is 2.41. The molecule has 0 aliphatic heterocycles. The van der Waals surface area contributed by atoms with Crippen LogP contribution in [0.1, 0.15) is 20.3 Å². The first-order chi connectivity index (χ1) is 7.02. The van der Waals surface area contributed by atoms with Crippen molar-refractivity contribution in [3.05, 3.63) is 19.7 Å². The van der Waals surface area contributed by atoms with E-state index in [1.165, 1.54) is 11.5 Å². The van der Waals surface area contributed by atoms with Crippen molar-refractivity contribution in [1.29, 1.82) is 0 Å². The van der Waals surface area contributed by atoms with Gasteiger partial charge in [-0.3, -0.25) is 8.75 Å². The quantitative estimate of drug-likeness (QED) is 0.770. The highest BCUT2D eigenvalue weighted by atomic mass is 35.5. The Bertz CT molecular complexity index is 373. The van der Waals surface area contributed by atoms with E-state index in [-0.39, 0.29) is 16.7 Å². The highest BCUT2D eigenvalue weighted by Crippen LogP contribution is 2.23. The van der Waals surface area contributed by atoms with Crippen molar-refractivity contribution < 1.29 is 4.74 Å². The summed E-state index contributed by atoms with van der Waals surface area (Å²) in [5.41, 5.74) is -0.212. The van der Waals surface area contributed by atoms with Gasteiger partial charge in [0.15, 0.2) is 0 Å². The second-order valence-corrected chi connectivity index (χ2v) is 5.37. The SMILES string of the molecule is CC(C)OCCCn1sc(Cl)c(Cl)c1=O. The summed E-state index contributed by atoms with van der Waals surface area (Å²) in [6, 6.07) is 0. The van der Waals surface area contributed by atoms with Gasteiger partial charge in [-0.15, -0.1) is 0 Å². The summed E-state index contributed by atoms with van der Waals surface area (Å²) < 4.78 is 7.27. The molecule has 0 bridgehead atoms. The number of hydrogen-bond donors (Lipinski definition) is 0. The molecule has 0 saturated heterocycles. The Kier molecular flexibility index (Phi) is 5.12. The molecule has 1 rings (SSSR count). The van der Waals surface area contributed by atoms with E-state index in [0.717, 1.165) is 6.42 Å². The van der Waals surface area contributed by atoms with E-state index in [9.17, 15) is 4.79 Å². The van der Waals surface area contributed by atoms with Gasteiger partial charge < -0.3 is 4.74 Å². The molecule has 1 aromatic heterocycles. The van der Waals surface area contributed by atoms with Crippen molar-refractivity contribution in [2.24, 2.45) is 0 Å². The molecule has 0 amide bonds. The Hall–Kier alpha value is -0.0300. The first kappa shape index (κ1) is 13.0. The molecule has 3 nitrogen and oxygen atoms in total. The molecule has 0 aromatic carbocycles. The van der Waals surface area contributed by atoms with Gasteiger partial charge >= 0.3 is 0 Å². The van der Waals surface area contributed by atoms with Crippen LogP contribution in [-0.4, -0.2) is 16.7 Å². The van der Waals surface area contributed by atoms with Gasteiger partial charge in [-0.25, -0.2) is 0 Å². The highest BCUT2D eigenvalue weighted by Gasteiger charge is 2.10. The maximum absolute atomic E-state index is 11.4. The molecule has 0 spiro atoms. The second kappa shape index (κ2) is 5.89. The number of nitrogens with zero attached hydrogens (tertiary/aromatic N) is 1. The van der Waals surface area contributed by atoms with Crippen molar-refractivity contribution in [2.75, 3.05) is 6.61 Å². The zero-order valence-corrected chi connectivity index (χ0v) is 11.0. The van der Waals surface area contributed by atoms with Crippen LogP contribution in [0.25, 0.3) is 0 Å². The van der Waals surface area contributed by atoms with E-state index in [4.69, 9.17) is 27.9 Å². The molecule has 0 atom stereocenters. The topological polar surface area (TPSA) is 31.2 Å². The molecule has 1 aromatic rings. The average molecular weight is 270 g/mol. The van der Waals surface area contributed by atoms with E-state index < -0.39 is 0 Å². The molecular weight excluding hydrogens is 257 g/mol. The Labute approximate surface area is 103 Å². The smallest absolute Gasteiger partial charge is 0.280 e. The normalized spacial score (nSPS) is 11.3. The van der Waals surface area contributed by atoms with Gasteiger partial charge in [-0.1, -0.05) is 23.2 Å². The summed E-state index contributed by atoms with van der Waals surface area (Å²) in [7, 11) is 0. The molecule has 0 unspecified atom stereocenters. The van der Waals surface area contributed by atoms with Crippen LogP contribution in [-0.2, 0) is 11.3 Å². The Balaban J connectivity index is 2.45. The van der Waals surface area contributed by atoms with Crippen LogP contribution in [0.4, 0.5) is 0 Å². The largest absolute Gasteiger partial charge is 0.379 e. The number of aromatic nitrogens is 1. The van der Waals surface area contributed by atoms with Gasteiger partial charge in [0.05, 0.1) is 6.10 Å². The van der Waals surface area contributed by atoms with E-state index >= 15 is 0 Å². The molecule has 0 aliphatic carbocycles. The summed E-state index contributed by atoms with van der Waals surface area (Å²) in [6.45, 7) is 5.19. The van der Waals surface area contributed by atoms with Crippen molar-refractivity contribution in [3.8, 4) is 0 Å². The third kappa shape index (κ3) is 3.79.